The van der Waals surface area contributed by atoms with Gasteiger partial charge in [-0.1, -0.05) is 5.16 Å². The van der Waals surface area contributed by atoms with E-state index in [2.05, 4.69) is 15.0 Å². The van der Waals surface area contributed by atoms with Gasteiger partial charge >= 0.3 is 0 Å². The lowest BCUT2D eigenvalue weighted by atomic mass is 10.5. The summed E-state index contributed by atoms with van der Waals surface area (Å²) < 4.78 is 27.3. The van der Waals surface area contributed by atoms with E-state index in [-0.39, 0.29) is 16.6 Å². The molecular formula is C7H11N3O3S. The molecule has 1 aromatic rings. The molecule has 14 heavy (non-hydrogen) atoms. The summed E-state index contributed by atoms with van der Waals surface area (Å²) in [6.07, 6.45) is 3.12. The number of hydrogen-bond acceptors (Lipinski definition) is 6. The van der Waals surface area contributed by atoms with E-state index in [0.717, 1.165) is 19.1 Å². The fraction of sp³-hybridized carbons (Fsp3) is 0.571. The van der Waals surface area contributed by atoms with E-state index >= 15 is 0 Å². The number of nitrogens with one attached hydrogen (secondary N) is 1. The van der Waals surface area contributed by atoms with Gasteiger partial charge in [0.05, 0.1) is 0 Å². The van der Waals surface area contributed by atoms with Crippen molar-refractivity contribution in [1.82, 2.24) is 5.16 Å². The van der Waals surface area contributed by atoms with Crippen molar-refractivity contribution in [2.45, 2.75) is 23.8 Å². The minimum Gasteiger partial charge on any atom is -0.366 e. The Balaban J connectivity index is 2.39. The Labute approximate surface area is 81.4 Å². The summed E-state index contributed by atoms with van der Waals surface area (Å²) in [5.41, 5.74) is 5.38. The van der Waals surface area contributed by atoms with Gasteiger partial charge in [0.15, 0.2) is 20.6 Å². The van der Waals surface area contributed by atoms with Crippen LogP contribution in [0.25, 0.3) is 0 Å². The topological polar surface area (TPSA) is 98.2 Å². The predicted octanol–water partition coefficient (Wildman–Crippen LogP) is 0.235. The summed E-state index contributed by atoms with van der Waals surface area (Å²) in [5, 5.41) is 6.52. The molecule has 0 saturated heterocycles. The zero-order valence-corrected chi connectivity index (χ0v) is 8.47. The number of nitrogens with two attached hydrogens (primary N) is 1. The fourth-order valence-corrected chi connectivity index (χ4v) is 2.02. The van der Waals surface area contributed by atoms with Crippen molar-refractivity contribution in [2.75, 3.05) is 17.3 Å². The molecule has 1 aromatic heterocycles. The Morgan fingerprint density at radius 3 is 2.71 bits per heavy atom. The lowest BCUT2D eigenvalue weighted by Gasteiger charge is -2.00. The zero-order chi connectivity index (χ0) is 10.3. The van der Waals surface area contributed by atoms with Crippen molar-refractivity contribution < 1.29 is 12.9 Å². The number of rotatable bonds is 3. The zero-order valence-electron chi connectivity index (χ0n) is 7.65. The van der Waals surface area contributed by atoms with Gasteiger partial charge in [-0.05, 0) is 12.8 Å². The minimum absolute atomic E-state index is 0.0376. The molecule has 0 bridgehead atoms. The molecule has 0 unspecified atom stereocenters. The number of nitrogens with zero attached hydrogens (tertiary/aromatic N) is 1. The third-order valence-corrected chi connectivity index (χ3v) is 3.10. The van der Waals surface area contributed by atoms with Crippen molar-refractivity contribution in [2.24, 2.45) is 0 Å². The molecule has 2 rings (SSSR count). The van der Waals surface area contributed by atoms with Gasteiger partial charge in [0, 0.05) is 12.3 Å². The Kier molecular flexibility index (Phi) is 1.91. The average Bonchev–Trinajstić information content (AvgIpc) is 2.74. The van der Waals surface area contributed by atoms with Crippen LogP contribution in [0.2, 0.25) is 0 Å². The van der Waals surface area contributed by atoms with Crippen LogP contribution in [-0.2, 0) is 9.84 Å². The SMILES string of the molecule is CS(=O)(=O)c1c(NC2CC2)noc1N. The normalized spacial score (nSPS) is 16.9. The summed E-state index contributed by atoms with van der Waals surface area (Å²) in [6, 6.07) is 0.306. The Morgan fingerprint density at radius 2 is 2.21 bits per heavy atom. The Bertz CT molecular complexity index is 447. The van der Waals surface area contributed by atoms with Crippen molar-refractivity contribution in [3.63, 3.8) is 0 Å². The molecule has 1 saturated carbocycles. The lowest BCUT2D eigenvalue weighted by Crippen LogP contribution is -2.07. The van der Waals surface area contributed by atoms with E-state index in [0.29, 0.717) is 6.04 Å². The molecular weight excluding hydrogens is 206 g/mol. The first-order valence-electron chi connectivity index (χ1n) is 4.20. The van der Waals surface area contributed by atoms with Gasteiger partial charge in [0.2, 0.25) is 5.88 Å². The second-order valence-electron chi connectivity index (χ2n) is 3.42. The lowest BCUT2D eigenvalue weighted by molar-refractivity contribution is 0.437. The number of hydrogen-bond donors (Lipinski definition) is 2. The first kappa shape index (κ1) is 9.32. The highest BCUT2D eigenvalue weighted by molar-refractivity contribution is 7.91. The highest BCUT2D eigenvalue weighted by Gasteiger charge is 2.28. The predicted molar refractivity (Wildman–Crippen MR) is 50.7 cm³/mol. The maximum Gasteiger partial charge on any atom is 0.243 e. The summed E-state index contributed by atoms with van der Waals surface area (Å²) in [5.74, 6) is 0.0724. The summed E-state index contributed by atoms with van der Waals surface area (Å²) in [7, 11) is -3.38. The van der Waals surface area contributed by atoms with E-state index in [1.165, 1.54) is 0 Å². The third kappa shape index (κ3) is 1.67. The fourth-order valence-electron chi connectivity index (χ4n) is 1.17. The molecule has 1 aliphatic carbocycles. The molecule has 0 aromatic carbocycles. The second kappa shape index (κ2) is 2.88. The van der Waals surface area contributed by atoms with Crippen molar-refractivity contribution in [3.8, 4) is 0 Å². The second-order valence-corrected chi connectivity index (χ2v) is 5.37. The van der Waals surface area contributed by atoms with E-state index in [1.807, 2.05) is 0 Å². The highest BCUT2D eigenvalue weighted by Crippen LogP contribution is 2.31. The van der Waals surface area contributed by atoms with E-state index in [4.69, 9.17) is 5.73 Å². The summed E-state index contributed by atoms with van der Waals surface area (Å²) in [4.78, 5) is -0.0376. The number of aromatic nitrogens is 1. The monoisotopic (exact) mass is 217 g/mol. The van der Waals surface area contributed by atoms with Crippen LogP contribution in [-0.4, -0.2) is 25.9 Å². The van der Waals surface area contributed by atoms with Gasteiger partial charge in [-0.15, -0.1) is 0 Å². The van der Waals surface area contributed by atoms with Crippen LogP contribution in [0.5, 0.6) is 0 Å². The van der Waals surface area contributed by atoms with Gasteiger partial charge in [-0.3, -0.25) is 0 Å². The quantitative estimate of drug-likeness (QED) is 0.752. The molecule has 0 radical (unpaired) electrons. The van der Waals surface area contributed by atoms with Gasteiger partial charge < -0.3 is 15.6 Å². The molecule has 0 spiro atoms. The van der Waals surface area contributed by atoms with Crippen molar-refractivity contribution in [1.29, 1.82) is 0 Å². The van der Waals surface area contributed by atoms with Crippen LogP contribution in [0.1, 0.15) is 12.8 Å². The number of anilines is 2. The maximum atomic E-state index is 11.3. The molecule has 1 aliphatic rings. The number of sulfone groups is 1. The standard InChI is InChI=1S/C7H11N3O3S/c1-14(11,12)5-6(8)13-10-7(5)9-4-2-3-4/h4H,2-3,8H2,1H3,(H,9,10). The van der Waals surface area contributed by atoms with Crippen LogP contribution in [0.3, 0.4) is 0 Å². The van der Waals surface area contributed by atoms with Crippen LogP contribution in [0.15, 0.2) is 9.42 Å². The van der Waals surface area contributed by atoms with Gasteiger partial charge in [0.25, 0.3) is 0 Å². The first-order chi connectivity index (χ1) is 6.48. The van der Waals surface area contributed by atoms with E-state index in [1.54, 1.807) is 0 Å². The molecule has 1 heterocycles. The smallest absolute Gasteiger partial charge is 0.243 e. The average molecular weight is 217 g/mol. The largest absolute Gasteiger partial charge is 0.366 e. The van der Waals surface area contributed by atoms with Crippen LogP contribution in [0.4, 0.5) is 11.7 Å². The molecule has 0 aliphatic heterocycles. The van der Waals surface area contributed by atoms with Crippen LogP contribution < -0.4 is 11.1 Å². The van der Waals surface area contributed by atoms with E-state index < -0.39 is 9.84 Å². The van der Waals surface area contributed by atoms with Crippen LogP contribution >= 0.6 is 0 Å². The molecule has 7 heteroatoms. The van der Waals surface area contributed by atoms with Crippen LogP contribution in [0, 0.1) is 0 Å². The van der Waals surface area contributed by atoms with Gasteiger partial charge in [0.1, 0.15) is 0 Å². The molecule has 0 atom stereocenters. The first-order valence-corrected chi connectivity index (χ1v) is 6.09. The summed E-state index contributed by atoms with van der Waals surface area (Å²) in [6.45, 7) is 0. The number of nitrogen functional groups attached to an aromatic ring is 1. The molecule has 0 amide bonds. The minimum atomic E-state index is -3.38. The molecule has 1 fully saturated rings. The highest BCUT2D eigenvalue weighted by atomic mass is 32.2. The Morgan fingerprint density at radius 1 is 1.57 bits per heavy atom. The van der Waals surface area contributed by atoms with Crippen molar-refractivity contribution >= 4 is 21.5 Å². The third-order valence-electron chi connectivity index (χ3n) is 1.96. The van der Waals surface area contributed by atoms with Crippen molar-refractivity contribution in [3.05, 3.63) is 0 Å². The van der Waals surface area contributed by atoms with E-state index in [9.17, 15) is 8.42 Å². The molecule has 3 N–H and O–H groups in total. The molecule has 78 valence electrons. The van der Waals surface area contributed by atoms with Gasteiger partial charge in [-0.2, -0.15) is 0 Å². The maximum absolute atomic E-state index is 11.3. The Hall–Kier alpha value is -1.24. The molecule has 6 nitrogen and oxygen atoms in total. The van der Waals surface area contributed by atoms with Gasteiger partial charge in [-0.25, -0.2) is 8.42 Å². The summed E-state index contributed by atoms with van der Waals surface area (Å²) >= 11 is 0.